The first kappa shape index (κ1) is 10.7. The molecule has 0 aromatic carbocycles. The van der Waals surface area contributed by atoms with E-state index in [2.05, 4.69) is 9.44 Å². The van der Waals surface area contributed by atoms with Gasteiger partial charge in [-0.05, 0) is 17.6 Å². The third-order valence-electron chi connectivity index (χ3n) is 1.10. The number of nitrogens with one attached hydrogen (secondary N) is 2. The van der Waals surface area contributed by atoms with Crippen molar-refractivity contribution in [1.82, 2.24) is 9.44 Å². The van der Waals surface area contributed by atoms with Gasteiger partial charge in [-0.2, -0.15) is 0 Å². The summed E-state index contributed by atoms with van der Waals surface area (Å²) in [4.78, 5) is 10.7. The van der Waals surface area contributed by atoms with E-state index in [0.29, 0.717) is 0 Å². The van der Waals surface area contributed by atoms with Crippen molar-refractivity contribution in [3.8, 4) is 0 Å². The zero-order chi connectivity index (χ0) is 9.07. The van der Waals surface area contributed by atoms with Crippen LogP contribution in [0.4, 0.5) is 0 Å². The highest BCUT2D eigenvalue weighted by Crippen LogP contribution is 2.33. The number of rotatable bonds is 0. The maximum Gasteiger partial charge on any atom is 0.248 e. The third-order valence-corrected chi connectivity index (χ3v) is 2.51. The SMILES string of the molecule is CC.CC1NS(C)(O)NC1=O. The second-order valence-corrected chi connectivity index (χ2v) is 4.37. The minimum atomic E-state index is -1.99. The van der Waals surface area contributed by atoms with Crippen LogP contribution in [0.25, 0.3) is 0 Å². The van der Waals surface area contributed by atoms with Crippen LogP contribution in [0.1, 0.15) is 20.8 Å². The van der Waals surface area contributed by atoms with E-state index in [1.807, 2.05) is 13.8 Å². The molecule has 1 fully saturated rings. The largest absolute Gasteiger partial charge is 0.321 e. The standard InChI is InChI=1S/C4H10N2O2S.C2H6/c1-3-4(7)6-9(2,8)5-3;1-2/h3,5,8H,1-2H3,(H,6,7);1-2H3. The van der Waals surface area contributed by atoms with Gasteiger partial charge in [-0.25, -0.2) is 4.72 Å². The Hall–Kier alpha value is -0.260. The lowest BCUT2D eigenvalue weighted by Gasteiger charge is -2.21. The van der Waals surface area contributed by atoms with Crippen molar-refractivity contribution in [2.75, 3.05) is 6.26 Å². The fourth-order valence-corrected chi connectivity index (χ4v) is 2.13. The second-order valence-electron chi connectivity index (χ2n) is 2.18. The average Bonchev–Trinajstić information content (AvgIpc) is 2.10. The van der Waals surface area contributed by atoms with Crippen molar-refractivity contribution in [3.05, 3.63) is 0 Å². The van der Waals surface area contributed by atoms with Crippen molar-refractivity contribution in [2.45, 2.75) is 26.8 Å². The minimum Gasteiger partial charge on any atom is -0.321 e. The molecule has 1 rings (SSSR count). The predicted octanol–water partition coefficient (Wildman–Crippen LogP) is 0.858. The summed E-state index contributed by atoms with van der Waals surface area (Å²) in [6.45, 7) is 5.71. The first-order valence-corrected chi connectivity index (χ1v) is 5.61. The van der Waals surface area contributed by atoms with E-state index >= 15 is 0 Å². The normalized spacial score (nSPS) is 41.5. The van der Waals surface area contributed by atoms with Gasteiger partial charge in [0.05, 0.1) is 6.04 Å². The summed E-state index contributed by atoms with van der Waals surface area (Å²) in [5.41, 5.74) is 0. The molecule has 1 aliphatic heterocycles. The van der Waals surface area contributed by atoms with Crippen LogP contribution in [0.5, 0.6) is 0 Å². The van der Waals surface area contributed by atoms with E-state index in [0.717, 1.165) is 0 Å². The number of carbonyl (C=O) groups is 1. The van der Waals surface area contributed by atoms with Crippen LogP contribution in [-0.2, 0) is 4.79 Å². The van der Waals surface area contributed by atoms with Crippen LogP contribution >= 0.6 is 10.7 Å². The molecule has 0 spiro atoms. The van der Waals surface area contributed by atoms with E-state index in [1.165, 1.54) is 0 Å². The second kappa shape index (κ2) is 3.94. The molecule has 1 amide bonds. The van der Waals surface area contributed by atoms with Crippen LogP contribution in [0.15, 0.2) is 0 Å². The summed E-state index contributed by atoms with van der Waals surface area (Å²) >= 11 is 0. The van der Waals surface area contributed by atoms with E-state index < -0.39 is 10.7 Å². The molecule has 0 bridgehead atoms. The molecule has 5 heteroatoms. The zero-order valence-electron chi connectivity index (χ0n) is 7.34. The molecule has 1 aliphatic rings. The zero-order valence-corrected chi connectivity index (χ0v) is 8.16. The fraction of sp³-hybridized carbons (Fsp3) is 0.833. The Kier molecular flexibility index (Phi) is 3.85. The molecule has 11 heavy (non-hydrogen) atoms. The Morgan fingerprint density at radius 3 is 2.09 bits per heavy atom. The summed E-state index contributed by atoms with van der Waals surface area (Å²) in [5.74, 6) is -0.130. The molecule has 2 atom stereocenters. The van der Waals surface area contributed by atoms with E-state index in [1.54, 1.807) is 13.2 Å². The minimum absolute atomic E-state index is 0.130. The molecule has 0 aromatic rings. The average molecular weight is 180 g/mol. The number of carbonyl (C=O) groups excluding carboxylic acids is 1. The van der Waals surface area contributed by atoms with Gasteiger partial charge < -0.3 is 4.55 Å². The maximum absolute atomic E-state index is 10.7. The molecule has 0 saturated carbocycles. The Morgan fingerprint density at radius 1 is 1.55 bits per heavy atom. The molecule has 0 aromatic heterocycles. The fourth-order valence-electron chi connectivity index (χ4n) is 0.711. The number of amides is 1. The predicted molar refractivity (Wildman–Crippen MR) is 48.2 cm³/mol. The molecular weight excluding hydrogens is 164 g/mol. The summed E-state index contributed by atoms with van der Waals surface area (Å²) in [7, 11) is -1.99. The Balaban J connectivity index is 0.000000461. The van der Waals surface area contributed by atoms with E-state index in [-0.39, 0.29) is 11.9 Å². The molecule has 68 valence electrons. The molecule has 1 heterocycles. The van der Waals surface area contributed by atoms with Crippen molar-refractivity contribution in [3.63, 3.8) is 0 Å². The molecule has 3 N–H and O–H groups in total. The van der Waals surface area contributed by atoms with Crippen molar-refractivity contribution in [2.24, 2.45) is 0 Å². The van der Waals surface area contributed by atoms with Gasteiger partial charge in [0.2, 0.25) is 5.91 Å². The highest BCUT2D eigenvalue weighted by atomic mass is 32.3. The van der Waals surface area contributed by atoms with Crippen LogP contribution in [0.3, 0.4) is 0 Å². The lowest BCUT2D eigenvalue weighted by atomic mass is 10.4. The van der Waals surface area contributed by atoms with E-state index in [4.69, 9.17) is 0 Å². The highest BCUT2D eigenvalue weighted by molar-refractivity contribution is 8.26. The van der Waals surface area contributed by atoms with Crippen LogP contribution in [0, 0.1) is 0 Å². The number of hydrogen-bond donors (Lipinski definition) is 3. The Morgan fingerprint density at radius 2 is 2.00 bits per heavy atom. The van der Waals surface area contributed by atoms with Gasteiger partial charge in [0, 0.05) is 6.26 Å². The summed E-state index contributed by atoms with van der Waals surface area (Å²) in [5, 5.41) is 0. The lowest BCUT2D eigenvalue weighted by Crippen LogP contribution is -2.23. The lowest BCUT2D eigenvalue weighted by molar-refractivity contribution is -0.119. The smallest absolute Gasteiger partial charge is 0.248 e. The van der Waals surface area contributed by atoms with Gasteiger partial charge in [0.25, 0.3) is 0 Å². The van der Waals surface area contributed by atoms with Gasteiger partial charge in [-0.3, -0.25) is 9.52 Å². The molecule has 1 saturated heterocycles. The summed E-state index contributed by atoms with van der Waals surface area (Å²) in [6.07, 6.45) is 1.58. The molecule has 4 nitrogen and oxygen atoms in total. The monoisotopic (exact) mass is 180 g/mol. The third kappa shape index (κ3) is 3.09. The molecule has 0 aliphatic carbocycles. The summed E-state index contributed by atoms with van der Waals surface area (Å²) in [6, 6.07) is -0.255. The number of hydrogen-bond acceptors (Lipinski definition) is 3. The highest BCUT2D eigenvalue weighted by Gasteiger charge is 2.31. The van der Waals surface area contributed by atoms with Gasteiger partial charge >= 0.3 is 0 Å². The van der Waals surface area contributed by atoms with Gasteiger partial charge in [-0.15, -0.1) is 0 Å². The van der Waals surface area contributed by atoms with Crippen LogP contribution in [0.2, 0.25) is 0 Å². The first-order valence-electron chi connectivity index (χ1n) is 3.61. The molecule has 2 unspecified atom stereocenters. The Bertz CT molecular complexity index is 150. The topological polar surface area (TPSA) is 61.4 Å². The van der Waals surface area contributed by atoms with Crippen molar-refractivity contribution >= 4 is 16.6 Å². The van der Waals surface area contributed by atoms with Crippen LogP contribution in [-0.4, -0.2) is 22.8 Å². The van der Waals surface area contributed by atoms with Gasteiger partial charge in [-0.1, -0.05) is 13.8 Å². The quantitative estimate of drug-likeness (QED) is 0.518. The summed E-state index contributed by atoms with van der Waals surface area (Å²) < 4.78 is 14.3. The molecular formula is C6H16N2O2S. The maximum atomic E-state index is 10.7. The van der Waals surface area contributed by atoms with Crippen molar-refractivity contribution in [1.29, 1.82) is 0 Å². The van der Waals surface area contributed by atoms with Gasteiger partial charge in [0.15, 0.2) is 0 Å². The van der Waals surface area contributed by atoms with Crippen LogP contribution < -0.4 is 9.44 Å². The van der Waals surface area contributed by atoms with Crippen molar-refractivity contribution < 1.29 is 9.35 Å². The van der Waals surface area contributed by atoms with Gasteiger partial charge in [0.1, 0.15) is 0 Å². The Labute approximate surface area is 69.2 Å². The first-order chi connectivity index (χ1) is 5.01. The van der Waals surface area contributed by atoms with E-state index in [9.17, 15) is 9.35 Å². The molecule has 0 radical (unpaired) electrons.